The summed E-state index contributed by atoms with van der Waals surface area (Å²) in [5.41, 5.74) is 2.48. The third-order valence-corrected chi connectivity index (χ3v) is 5.15. The monoisotopic (exact) mass is 350 g/mol. The highest BCUT2D eigenvalue weighted by atomic mass is 16.9. The van der Waals surface area contributed by atoms with E-state index in [1.54, 1.807) is 7.11 Å². The van der Waals surface area contributed by atoms with Gasteiger partial charge in [0.25, 0.3) is 5.09 Å². The zero-order valence-corrected chi connectivity index (χ0v) is 14.2. The van der Waals surface area contributed by atoms with Crippen molar-refractivity contribution in [1.29, 1.82) is 0 Å². The smallest absolute Gasteiger partial charge is 0.291 e. The van der Waals surface area contributed by atoms with Gasteiger partial charge in [0.2, 0.25) is 0 Å². The Hall–Kier alpha value is -2.32. The molecular formula is C17H22N2O6. The minimum atomic E-state index is -1.50. The summed E-state index contributed by atoms with van der Waals surface area (Å²) in [5.74, 6) is 1.68. The molecule has 1 spiro atoms. The highest BCUT2D eigenvalue weighted by Crippen LogP contribution is 2.55. The predicted molar refractivity (Wildman–Crippen MR) is 88.6 cm³/mol. The fourth-order valence-electron chi connectivity index (χ4n) is 4.08. The van der Waals surface area contributed by atoms with E-state index in [1.165, 1.54) is 11.1 Å². The van der Waals surface area contributed by atoms with Crippen LogP contribution in [0.15, 0.2) is 24.3 Å². The van der Waals surface area contributed by atoms with E-state index in [0.29, 0.717) is 6.42 Å². The standard InChI is InChI=1S/C17H21NO3.HNO3/c1-18-8-7-17-6-5-12(19)9-14(17)21-16-13(20-2)4-3-11(10-18)15(16)17;2-1(3)4/h3-6,12,14,19H,7-10H2,1-2H3;(H,2,3,4)/t12-,14-,17-;/m0./s1. The summed E-state index contributed by atoms with van der Waals surface area (Å²) in [6, 6.07) is 4.16. The van der Waals surface area contributed by atoms with Crippen LogP contribution in [0.2, 0.25) is 0 Å². The van der Waals surface area contributed by atoms with Crippen LogP contribution in [-0.2, 0) is 12.0 Å². The molecule has 1 aromatic carbocycles. The maximum absolute atomic E-state index is 9.97. The highest BCUT2D eigenvalue weighted by Gasteiger charge is 2.52. The van der Waals surface area contributed by atoms with Gasteiger partial charge in [-0.25, -0.2) is 0 Å². The van der Waals surface area contributed by atoms with Gasteiger partial charge in [0.05, 0.1) is 18.6 Å². The van der Waals surface area contributed by atoms with Gasteiger partial charge in [-0.3, -0.25) is 0 Å². The molecule has 0 radical (unpaired) electrons. The van der Waals surface area contributed by atoms with Gasteiger partial charge < -0.3 is 24.7 Å². The Kier molecular flexibility index (Phi) is 4.57. The topological polar surface area (TPSA) is 105 Å². The fraction of sp³-hybridized carbons (Fsp3) is 0.529. The first-order valence-electron chi connectivity index (χ1n) is 8.13. The number of nitrogens with zero attached hydrogens (tertiary/aromatic N) is 2. The molecule has 0 fully saturated rings. The molecule has 0 saturated carbocycles. The van der Waals surface area contributed by atoms with Crippen LogP contribution in [0.4, 0.5) is 0 Å². The molecule has 136 valence electrons. The number of hydrogen-bond donors (Lipinski definition) is 2. The second-order valence-corrected chi connectivity index (χ2v) is 6.67. The summed E-state index contributed by atoms with van der Waals surface area (Å²) in [6.45, 7) is 1.96. The van der Waals surface area contributed by atoms with Gasteiger partial charge in [0.15, 0.2) is 11.5 Å². The lowest BCUT2D eigenvalue weighted by Gasteiger charge is -2.35. The molecule has 3 aliphatic rings. The first kappa shape index (κ1) is 17.5. The predicted octanol–water partition coefficient (Wildman–Crippen LogP) is 1.50. The van der Waals surface area contributed by atoms with Crippen LogP contribution in [0.25, 0.3) is 0 Å². The van der Waals surface area contributed by atoms with Crippen molar-refractivity contribution < 1.29 is 24.9 Å². The van der Waals surface area contributed by atoms with Gasteiger partial charge in [0.1, 0.15) is 6.10 Å². The average Bonchev–Trinajstić information content (AvgIpc) is 2.79. The number of hydrogen-bond acceptors (Lipinski definition) is 6. The van der Waals surface area contributed by atoms with Crippen molar-refractivity contribution in [2.24, 2.45) is 0 Å². The Morgan fingerprint density at radius 3 is 2.88 bits per heavy atom. The minimum Gasteiger partial charge on any atom is -0.493 e. The lowest BCUT2D eigenvalue weighted by Crippen LogP contribution is -2.42. The molecule has 0 amide bonds. The highest BCUT2D eigenvalue weighted by molar-refractivity contribution is 5.60. The number of methoxy groups -OCH3 is 1. The second kappa shape index (κ2) is 6.53. The summed E-state index contributed by atoms with van der Waals surface area (Å²) < 4.78 is 11.8. The lowest BCUT2D eigenvalue weighted by atomic mass is 9.69. The van der Waals surface area contributed by atoms with E-state index in [0.717, 1.165) is 31.0 Å². The summed E-state index contributed by atoms with van der Waals surface area (Å²) in [6.07, 6.45) is 5.38. The first-order valence-corrected chi connectivity index (χ1v) is 8.13. The molecule has 2 heterocycles. The van der Waals surface area contributed by atoms with Crippen molar-refractivity contribution in [1.82, 2.24) is 4.90 Å². The first-order chi connectivity index (χ1) is 11.9. The summed E-state index contributed by atoms with van der Waals surface area (Å²) in [5, 5.41) is 23.6. The van der Waals surface area contributed by atoms with E-state index in [9.17, 15) is 5.11 Å². The zero-order valence-electron chi connectivity index (χ0n) is 14.2. The molecule has 0 bridgehead atoms. The molecule has 1 aromatic rings. The molecule has 8 nitrogen and oxygen atoms in total. The van der Waals surface area contributed by atoms with E-state index in [4.69, 9.17) is 24.8 Å². The number of benzene rings is 1. The Morgan fingerprint density at radius 1 is 1.48 bits per heavy atom. The van der Waals surface area contributed by atoms with E-state index < -0.39 is 11.2 Å². The van der Waals surface area contributed by atoms with Crippen LogP contribution < -0.4 is 9.47 Å². The molecule has 25 heavy (non-hydrogen) atoms. The third-order valence-electron chi connectivity index (χ3n) is 5.15. The molecule has 0 aromatic heterocycles. The van der Waals surface area contributed by atoms with Crippen molar-refractivity contribution >= 4 is 0 Å². The van der Waals surface area contributed by atoms with E-state index in [1.807, 2.05) is 12.1 Å². The van der Waals surface area contributed by atoms with Crippen molar-refractivity contribution in [3.05, 3.63) is 45.5 Å². The quantitative estimate of drug-likeness (QED) is 0.449. The number of rotatable bonds is 1. The minimum absolute atomic E-state index is 0.00838. The van der Waals surface area contributed by atoms with E-state index >= 15 is 0 Å². The van der Waals surface area contributed by atoms with Crippen LogP contribution >= 0.6 is 0 Å². The van der Waals surface area contributed by atoms with Crippen molar-refractivity contribution in [3.63, 3.8) is 0 Å². The number of aliphatic hydroxyl groups is 1. The lowest BCUT2D eigenvalue weighted by molar-refractivity contribution is -0.742. The molecular weight excluding hydrogens is 328 g/mol. The SMILES string of the molecule is COc1ccc2c3c1O[C@H]1C[C@@H](O)C=C[C@@]31CCN(C)C2.O=[N+]([O-])O. The molecule has 8 heteroatoms. The van der Waals surface area contributed by atoms with Crippen LogP contribution in [0.3, 0.4) is 0 Å². The van der Waals surface area contributed by atoms with Crippen molar-refractivity contribution in [2.75, 3.05) is 20.7 Å². The van der Waals surface area contributed by atoms with Crippen LogP contribution in [0.1, 0.15) is 24.0 Å². The largest absolute Gasteiger partial charge is 0.493 e. The van der Waals surface area contributed by atoms with E-state index in [2.05, 4.69) is 24.1 Å². The summed E-state index contributed by atoms with van der Waals surface area (Å²) in [7, 11) is 3.84. The summed E-state index contributed by atoms with van der Waals surface area (Å²) in [4.78, 5) is 10.7. The third kappa shape index (κ3) is 3.03. The molecule has 0 saturated heterocycles. The molecule has 2 N–H and O–H groups in total. The van der Waals surface area contributed by atoms with Gasteiger partial charge >= 0.3 is 0 Å². The Bertz CT molecular complexity index is 703. The Labute approximate surface area is 145 Å². The van der Waals surface area contributed by atoms with Crippen LogP contribution in [0.5, 0.6) is 11.5 Å². The van der Waals surface area contributed by atoms with Crippen molar-refractivity contribution in [3.8, 4) is 11.5 Å². The maximum atomic E-state index is 9.97. The maximum Gasteiger partial charge on any atom is 0.291 e. The number of ether oxygens (including phenoxy) is 2. The second-order valence-electron chi connectivity index (χ2n) is 6.67. The summed E-state index contributed by atoms with van der Waals surface area (Å²) >= 11 is 0. The molecule has 2 aliphatic heterocycles. The van der Waals surface area contributed by atoms with Gasteiger partial charge in [-0.05, 0) is 31.6 Å². The van der Waals surface area contributed by atoms with Gasteiger partial charge in [-0.2, -0.15) is 0 Å². The van der Waals surface area contributed by atoms with Gasteiger partial charge in [-0.15, -0.1) is 10.1 Å². The average molecular weight is 350 g/mol. The Balaban J connectivity index is 0.000000415. The van der Waals surface area contributed by atoms with Gasteiger partial charge in [-0.1, -0.05) is 18.2 Å². The van der Waals surface area contributed by atoms with Crippen molar-refractivity contribution in [2.45, 2.75) is 37.0 Å². The van der Waals surface area contributed by atoms with Crippen LogP contribution in [-0.4, -0.2) is 53.2 Å². The zero-order chi connectivity index (χ0) is 18.2. The van der Waals surface area contributed by atoms with Crippen LogP contribution in [0, 0.1) is 10.1 Å². The molecule has 0 unspecified atom stereocenters. The molecule has 4 rings (SSSR count). The molecule has 1 aliphatic carbocycles. The number of aliphatic hydroxyl groups excluding tert-OH is 1. The normalized spacial score (nSPS) is 29.4. The Morgan fingerprint density at radius 2 is 2.20 bits per heavy atom. The fourth-order valence-corrected chi connectivity index (χ4v) is 4.08. The molecule has 3 atom stereocenters. The van der Waals surface area contributed by atoms with E-state index in [-0.39, 0.29) is 11.5 Å². The van der Waals surface area contributed by atoms with Gasteiger partial charge in [0, 0.05) is 18.5 Å².